The molecule has 1 saturated carbocycles. The Morgan fingerprint density at radius 2 is 1.75 bits per heavy atom. The summed E-state index contributed by atoms with van der Waals surface area (Å²) in [6.45, 7) is 4.59. The van der Waals surface area contributed by atoms with Crippen LogP contribution >= 0.6 is 11.6 Å². The topological polar surface area (TPSA) is 0 Å². The smallest absolute Gasteiger partial charge is 0.0364 e. The van der Waals surface area contributed by atoms with Crippen molar-refractivity contribution in [1.82, 2.24) is 0 Å². The normalized spacial score (nSPS) is 30.6. The molecule has 0 aliphatic heterocycles. The quantitative estimate of drug-likeness (QED) is 0.393. The summed E-state index contributed by atoms with van der Waals surface area (Å²) in [6, 6.07) is 0. The zero-order valence-electron chi connectivity index (χ0n) is 11.2. The fraction of sp³-hybridized carbons (Fsp3) is 1.00. The Morgan fingerprint density at radius 1 is 0.938 bits per heavy atom. The van der Waals surface area contributed by atoms with Gasteiger partial charge in [-0.2, -0.15) is 0 Å². The van der Waals surface area contributed by atoms with E-state index < -0.39 is 0 Å². The van der Waals surface area contributed by atoms with E-state index in [-0.39, 0.29) is 0 Å². The van der Waals surface area contributed by atoms with Crippen molar-refractivity contribution in [3.63, 3.8) is 0 Å². The van der Waals surface area contributed by atoms with Gasteiger partial charge in [0.25, 0.3) is 0 Å². The predicted molar refractivity (Wildman–Crippen MR) is 74.1 cm³/mol. The van der Waals surface area contributed by atoms with Gasteiger partial charge in [0.05, 0.1) is 0 Å². The first kappa shape index (κ1) is 14.4. The SMILES string of the molecule is CCCCCCC1CC(CCC)CCC1Cl. The molecule has 1 heteroatoms. The lowest BCUT2D eigenvalue weighted by Crippen LogP contribution is -2.25. The largest absolute Gasteiger partial charge is 0.123 e. The maximum Gasteiger partial charge on any atom is 0.0364 e. The van der Waals surface area contributed by atoms with Crippen molar-refractivity contribution in [2.45, 2.75) is 83.4 Å². The highest BCUT2D eigenvalue weighted by Crippen LogP contribution is 2.37. The van der Waals surface area contributed by atoms with Gasteiger partial charge in [0, 0.05) is 5.38 Å². The Kier molecular flexibility index (Phi) is 7.53. The highest BCUT2D eigenvalue weighted by atomic mass is 35.5. The van der Waals surface area contributed by atoms with E-state index in [4.69, 9.17) is 11.6 Å². The molecule has 0 nitrogen and oxygen atoms in total. The Balaban J connectivity index is 2.21. The molecule has 16 heavy (non-hydrogen) atoms. The Morgan fingerprint density at radius 3 is 2.44 bits per heavy atom. The first-order chi connectivity index (χ1) is 7.77. The molecule has 0 aromatic rings. The van der Waals surface area contributed by atoms with Crippen LogP contribution in [-0.2, 0) is 0 Å². The van der Waals surface area contributed by atoms with Crippen molar-refractivity contribution < 1.29 is 0 Å². The molecule has 1 rings (SSSR count). The molecule has 0 aromatic carbocycles. The molecule has 3 unspecified atom stereocenters. The maximum atomic E-state index is 6.46. The molecule has 1 aliphatic rings. The second-order valence-corrected chi connectivity index (χ2v) is 6.15. The van der Waals surface area contributed by atoms with Crippen LogP contribution in [0.4, 0.5) is 0 Å². The second kappa shape index (κ2) is 8.39. The van der Waals surface area contributed by atoms with Crippen LogP contribution < -0.4 is 0 Å². The first-order valence-corrected chi connectivity index (χ1v) is 7.85. The van der Waals surface area contributed by atoms with Crippen molar-refractivity contribution >= 4 is 11.6 Å². The Hall–Kier alpha value is 0.290. The molecule has 0 heterocycles. The summed E-state index contributed by atoms with van der Waals surface area (Å²) in [5.41, 5.74) is 0. The van der Waals surface area contributed by atoms with E-state index in [1.807, 2.05) is 0 Å². The highest BCUT2D eigenvalue weighted by molar-refractivity contribution is 6.20. The number of hydrogen-bond acceptors (Lipinski definition) is 0. The van der Waals surface area contributed by atoms with Crippen LogP contribution in [0.2, 0.25) is 0 Å². The van der Waals surface area contributed by atoms with Gasteiger partial charge in [-0.3, -0.25) is 0 Å². The number of unbranched alkanes of at least 4 members (excludes halogenated alkanes) is 3. The molecule has 0 spiro atoms. The van der Waals surface area contributed by atoms with Gasteiger partial charge in [-0.1, -0.05) is 52.4 Å². The van der Waals surface area contributed by atoms with Gasteiger partial charge in [0.2, 0.25) is 0 Å². The minimum absolute atomic E-state index is 0.481. The summed E-state index contributed by atoms with van der Waals surface area (Å²) in [5.74, 6) is 1.81. The van der Waals surface area contributed by atoms with E-state index >= 15 is 0 Å². The minimum Gasteiger partial charge on any atom is -0.123 e. The third-order valence-corrected chi connectivity index (χ3v) is 4.70. The third-order valence-electron chi connectivity index (χ3n) is 4.12. The second-order valence-electron chi connectivity index (χ2n) is 5.59. The Labute approximate surface area is 107 Å². The Bertz CT molecular complexity index is 167. The van der Waals surface area contributed by atoms with Crippen molar-refractivity contribution in [2.75, 3.05) is 0 Å². The number of halogens is 1. The molecule has 96 valence electrons. The summed E-state index contributed by atoms with van der Waals surface area (Å²) < 4.78 is 0. The summed E-state index contributed by atoms with van der Waals surface area (Å²) in [4.78, 5) is 0. The van der Waals surface area contributed by atoms with Gasteiger partial charge >= 0.3 is 0 Å². The number of alkyl halides is 1. The summed E-state index contributed by atoms with van der Waals surface area (Å²) in [6.07, 6.45) is 13.8. The van der Waals surface area contributed by atoms with Gasteiger partial charge in [-0.05, 0) is 37.5 Å². The lowest BCUT2D eigenvalue weighted by atomic mass is 9.77. The third kappa shape index (κ3) is 5.08. The summed E-state index contributed by atoms with van der Waals surface area (Å²) in [5, 5.41) is 0.481. The lowest BCUT2D eigenvalue weighted by molar-refractivity contribution is 0.243. The van der Waals surface area contributed by atoms with Gasteiger partial charge in [0.15, 0.2) is 0 Å². The predicted octanol–water partition coefficient (Wildman–Crippen LogP) is 5.78. The molecule has 0 aromatic heterocycles. The van der Waals surface area contributed by atoms with Gasteiger partial charge in [0.1, 0.15) is 0 Å². The van der Waals surface area contributed by atoms with E-state index in [1.54, 1.807) is 0 Å². The summed E-state index contributed by atoms with van der Waals surface area (Å²) >= 11 is 6.46. The minimum atomic E-state index is 0.481. The first-order valence-electron chi connectivity index (χ1n) is 7.42. The van der Waals surface area contributed by atoms with E-state index in [1.165, 1.54) is 64.2 Å². The molecule has 0 bridgehead atoms. The van der Waals surface area contributed by atoms with Crippen LogP contribution in [0, 0.1) is 11.8 Å². The lowest BCUT2D eigenvalue weighted by Gasteiger charge is -2.33. The monoisotopic (exact) mass is 244 g/mol. The number of hydrogen-bond donors (Lipinski definition) is 0. The molecule has 1 fully saturated rings. The average Bonchev–Trinajstić information content (AvgIpc) is 2.29. The fourth-order valence-corrected chi connectivity index (χ4v) is 3.48. The molecule has 3 atom stereocenters. The van der Waals surface area contributed by atoms with Crippen molar-refractivity contribution in [2.24, 2.45) is 11.8 Å². The van der Waals surface area contributed by atoms with Crippen LogP contribution in [0.5, 0.6) is 0 Å². The van der Waals surface area contributed by atoms with Crippen LogP contribution in [0.3, 0.4) is 0 Å². The van der Waals surface area contributed by atoms with Crippen LogP contribution in [-0.4, -0.2) is 5.38 Å². The zero-order chi connectivity index (χ0) is 11.8. The maximum absolute atomic E-state index is 6.46. The highest BCUT2D eigenvalue weighted by Gasteiger charge is 2.27. The van der Waals surface area contributed by atoms with Crippen LogP contribution in [0.25, 0.3) is 0 Å². The molecule has 0 saturated heterocycles. The average molecular weight is 245 g/mol. The molecule has 0 radical (unpaired) electrons. The zero-order valence-corrected chi connectivity index (χ0v) is 11.9. The standard InChI is InChI=1S/C15H29Cl/c1-3-5-6-7-9-14-12-13(8-4-2)10-11-15(14)16/h13-15H,3-12H2,1-2H3. The molecule has 0 amide bonds. The van der Waals surface area contributed by atoms with Gasteiger partial charge < -0.3 is 0 Å². The van der Waals surface area contributed by atoms with Crippen molar-refractivity contribution in [3.05, 3.63) is 0 Å². The molecular formula is C15H29Cl. The van der Waals surface area contributed by atoms with Crippen LogP contribution in [0.1, 0.15) is 78.1 Å². The number of rotatable bonds is 7. The van der Waals surface area contributed by atoms with Gasteiger partial charge in [-0.25, -0.2) is 0 Å². The van der Waals surface area contributed by atoms with E-state index in [9.17, 15) is 0 Å². The molecule has 0 N–H and O–H groups in total. The summed E-state index contributed by atoms with van der Waals surface area (Å²) in [7, 11) is 0. The fourth-order valence-electron chi connectivity index (χ4n) is 3.13. The van der Waals surface area contributed by atoms with Gasteiger partial charge in [-0.15, -0.1) is 11.6 Å². The molecular weight excluding hydrogens is 216 g/mol. The van der Waals surface area contributed by atoms with E-state index in [0.717, 1.165) is 11.8 Å². The van der Waals surface area contributed by atoms with E-state index in [2.05, 4.69) is 13.8 Å². The van der Waals surface area contributed by atoms with Crippen molar-refractivity contribution in [3.8, 4) is 0 Å². The van der Waals surface area contributed by atoms with Crippen LogP contribution in [0.15, 0.2) is 0 Å². The van der Waals surface area contributed by atoms with Crippen molar-refractivity contribution in [1.29, 1.82) is 0 Å². The van der Waals surface area contributed by atoms with E-state index in [0.29, 0.717) is 5.38 Å². The molecule has 1 aliphatic carbocycles.